The number of thiazole rings is 1. The van der Waals surface area contributed by atoms with Crippen LogP contribution in [0, 0.1) is 6.92 Å². The first-order valence-corrected chi connectivity index (χ1v) is 7.91. The maximum Gasteiger partial charge on any atom is 0.191 e. The van der Waals surface area contributed by atoms with E-state index < -0.39 is 0 Å². The third kappa shape index (κ3) is 5.07. The van der Waals surface area contributed by atoms with Crippen LogP contribution < -0.4 is 5.73 Å². The van der Waals surface area contributed by atoms with Gasteiger partial charge in [0, 0.05) is 18.0 Å². The molecule has 0 bridgehead atoms. The average molecular weight is 424 g/mol. The highest BCUT2D eigenvalue weighted by molar-refractivity contribution is 14.0. The molecular formula is C14H25IN4OS. The van der Waals surface area contributed by atoms with Gasteiger partial charge in [-0.2, -0.15) is 0 Å². The fraction of sp³-hybridized carbons (Fsp3) is 0.714. The quantitative estimate of drug-likeness (QED) is 0.461. The zero-order valence-corrected chi connectivity index (χ0v) is 16.3. The second-order valence-corrected chi connectivity index (χ2v) is 6.79. The van der Waals surface area contributed by atoms with Gasteiger partial charge in [0.05, 0.1) is 24.9 Å². The third-order valence-corrected chi connectivity index (χ3v) is 4.34. The average Bonchev–Trinajstić information content (AvgIpc) is 2.77. The molecule has 5 nitrogen and oxygen atoms in total. The number of aliphatic imine (C=N–C) groups is 1. The number of ether oxygens (including phenoxy) is 1. The van der Waals surface area contributed by atoms with E-state index in [1.165, 1.54) is 10.6 Å². The number of aryl methyl sites for hydroxylation is 1. The second-order valence-electron chi connectivity index (χ2n) is 5.51. The number of nitrogens with two attached hydrogens (primary N) is 1. The minimum Gasteiger partial charge on any atom is -0.375 e. The molecule has 2 N–H and O–H groups in total. The largest absolute Gasteiger partial charge is 0.375 e. The third-order valence-electron chi connectivity index (χ3n) is 3.37. The van der Waals surface area contributed by atoms with Crippen molar-refractivity contribution < 1.29 is 4.74 Å². The Hall–Kier alpha value is -0.410. The van der Waals surface area contributed by atoms with Crippen molar-refractivity contribution in [1.29, 1.82) is 0 Å². The molecule has 1 aliphatic rings. The summed E-state index contributed by atoms with van der Waals surface area (Å²) < 4.78 is 5.50. The lowest BCUT2D eigenvalue weighted by molar-refractivity contribution is 0.00529. The lowest BCUT2D eigenvalue weighted by Crippen LogP contribution is -2.47. The van der Waals surface area contributed by atoms with Crippen LogP contribution in [0.25, 0.3) is 0 Å². The van der Waals surface area contributed by atoms with Gasteiger partial charge in [0.2, 0.25) is 0 Å². The van der Waals surface area contributed by atoms with Crippen molar-refractivity contribution in [3.8, 4) is 0 Å². The minimum atomic E-state index is 0. The summed E-state index contributed by atoms with van der Waals surface area (Å²) in [6.45, 7) is 11.4. The van der Waals surface area contributed by atoms with Gasteiger partial charge in [-0.25, -0.2) is 9.98 Å². The van der Waals surface area contributed by atoms with Gasteiger partial charge in [-0.15, -0.1) is 35.3 Å². The van der Waals surface area contributed by atoms with Gasteiger partial charge in [-0.3, -0.25) is 0 Å². The van der Waals surface area contributed by atoms with E-state index in [2.05, 4.69) is 42.6 Å². The van der Waals surface area contributed by atoms with Crippen LogP contribution in [0.2, 0.25) is 0 Å². The van der Waals surface area contributed by atoms with Crippen LogP contribution in [0.3, 0.4) is 0 Å². The number of rotatable bonds is 3. The van der Waals surface area contributed by atoms with E-state index in [9.17, 15) is 0 Å². The molecule has 1 aliphatic heterocycles. The van der Waals surface area contributed by atoms with E-state index in [0.717, 1.165) is 18.1 Å². The first-order chi connectivity index (χ1) is 9.47. The van der Waals surface area contributed by atoms with E-state index in [0.29, 0.717) is 25.0 Å². The summed E-state index contributed by atoms with van der Waals surface area (Å²) in [5.74, 6) is 1.06. The number of nitrogens with zero attached hydrogens (tertiary/aromatic N) is 3. The Bertz CT molecular complexity index is 489. The summed E-state index contributed by atoms with van der Waals surface area (Å²) in [5, 5.41) is 1.04. The van der Waals surface area contributed by atoms with Crippen molar-refractivity contribution in [3.63, 3.8) is 0 Å². The topological polar surface area (TPSA) is 63.7 Å². The number of aromatic nitrogens is 1. The molecule has 120 valence electrons. The molecule has 1 aromatic rings. The van der Waals surface area contributed by atoms with Crippen molar-refractivity contribution >= 4 is 41.3 Å². The Morgan fingerprint density at radius 2 is 2.29 bits per heavy atom. The van der Waals surface area contributed by atoms with Crippen molar-refractivity contribution in [2.24, 2.45) is 10.7 Å². The molecule has 1 saturated heterocycles. The van der Waals surface area contributed by atoms with Crippen molar-refractivity contribution in [2.75, 3.05) is 19.7 Å². The Labute approximate surface area is 148 Å². The maximum absolute atomic E-state index is 6.06. The molecule has 0 spiro atoms. The van der Waals surface area contributed by atoms with Crippen LogP contribution in [-0.2, 0) is 11.3 Å². The van der Waals surface area contributed by atoms with Crippen LogP contribution >= 0.6 is 35.3 Å². The molecule has 1 fully saturated rings. The van der Waals surface area contributed by atoms with E-state index in [4.69, 9.17) is 10.5 Å². The van der Waals surface area contributed by atoms with E-state index in [-0.39, 0.29) is 30.1 Å². The highest BCUT2D eigenvalue weighted by Gasteiger charge is 2.18. The Morgan fingerprint density at radius 1 is 1.57 bits per heavy atom. The van der Waals surface area contributed by atoms with Crippen LogP contribution in [0.15, 0.2) is 4.99 Å². The zero-order chi connectivity index (χ0) is 14.7. The Kier molecular flexibility index (Phi) is 7.35. The van der Waals surface area contributed by atoms with Gasteiger partial charge >= 0.3 is 0 Å². The monoisotopic (exact) mass is 424 g/mol. The van der Waals surface area contributed by atoms with Gasteiger partial charge in [0.1, 0.15) is 5.01 Å². The molecule has 2 heterocycles. The molecule has 1 unspecified atom stereocenters. The summed E-state index contributed by atoms with van der Waals surface area (Å²) >= 11 is 1.71. The minimum absolute atomic E-state index is 0. The molecule has 21 heavy (non-hydrogen) atoms. The number of hydrogen-bond acceptors (Lipinski definition) is 4. The number of hydrogen-bond donors (Lipinski definition) is 1. The van der Waals surface area contributed by atoms with Crippen LogP contribution in [-0.4, -0.2) is 41.6 Å². The van der Waals surface area contributed by atoms with Crippen molar-refractivity contribution in [1.82, 2.24) is 9.88 Å². The summed E-state index contributed by atoms with van der Waals surface area (Å²) in [4.78, 5) is 12.5. The van der Waals surface area contributed by atoms with Crippen LogP contribution in [0.4, 0.5) is 0 Å². The molecule has 0 aliphatic carbocycles. The van der Waals surface area contributed by atoms with Gasteiger partial charge in [0.15, 0.2) is 5.96 Å². The molecule has 1 atom stereocenters. The van der Waals surface area contributed by atoms with Crippen molar-refractivity contribution in [3.05, 3.63) is 15.6 Å². The normalized spacial score (nSPS) is 19.8. The molecule has 0 saturated carbocycles. The fourth-order valence-electron chi connectivity index (χ4n) is 2.34. The molecule has 0 amide bonds. The van der Waals surface area contributed by atoms with Gasteiger partial charge < -0.3 is 15.4 Å². The summed E-state index contributed by atoms with van der Waals surface area (Å²) in [7, 11) is 0. The van der Waals surface area contributed by atoms with Crippen molar-refractivity contribution in [2.45, 2.75) is 46.3 Å². The van der Waals surface area contributed by atoms with E-state index in [1.807, 2.05) is 0 Å². The predicted molar refractivity (Wildman–Crippen MR) is 98.7 cm³/mol. The standard InChI is InChI=1S/C14H24N4OS.HI/c1-9(2)13-11(4)20-12(17-13)7-16-14(15)18-5-6-19-10(3)8-18;/h9-10H,5-8H2,1-4H3,(H2,15,16);1H. The zero-order valence-electron chi connectivity index (χ0n) is 13.1. The molecule has 0 radical (unpaired) electrons. The fourth-order valence-corrected chi connectivity index (χ4v) is 3.36. The molecule has 1 aromatic heterocycles. The molecule has 7 heteroatoms. The van der Waals surface area contributed by atoms with Gasteiger partial charge in [-0.1, -0.05) is 13.8 Å². The molecule has 0 aromatic carbocycles. The smallest absolute Gasteiger partial charge is 0.191 e. The molecular weight excluding hydrogens is 399 g/mol. The van der Waals surface area contributed by atoms with Crippen LogP contribution in [0.1, 0.15) is 42.3 Å². The highest BCUT2D eigenvalue weighted by atomic mass is 127. The SMILES string of the molecule is Cc1sc(CN=C(N)N2CCOC(C)C2)nc1C(C)C.I. The van der Waals surface area contributed by atoms with E-state index in [1.54, 1.807) is 11.3 Å². The summed E-state index contributed by atoms with van der Waals surface area (Å²) in [6.07, 6.45) is 0.215. The predicted octanol–water partition coefficient (Wildman–Crippen LogP) is 2.73. The van der Waals surface area contributed by atoms with E-state index >= 15 is 0 Å². The lowest BCUT2D eigenvalue weighted by atomic mass is 10.1. The summed E-state index contributed by atoms with van der Waals surface area (Å²) in [6, 6.07) is 0. The summed E-state index contributed by atoms with van der Waals surface area (Å²) in [5.41, 5.74) is 7.24. The highest BCUT2D eigenvalue weighted by Crippen LogP contribution is 2.24. The lowest BCUT2D eigenvalue weighted by Gasteiger charge is -2.31. The molecule has 2 rings (SSSR count). The Morgan fingerprint density at radius 3 is 2.86 bits per heavy atom. The number of halogens is 1. The first kappa shape index (κ1) is 18.6. The second kappa shape index (κ2) is 8.28. The maximum atomic E-state index is 6.06. The number of morpholine rings is 1. The van der Waals surface area contributed by atoms with Gasteiger partial charge in [-0.05, 0) is 19.8 Å². The number of guanidine groups is 1. The Balaban J connectivity index is 0.00000220. The van der Waals surface area contributed by atoms with Crippen LogP contribution in [0.5, 0.6) is 0 Å². The van der Waals surface area contributed by atoms with Gasteiger partial charge in [0.25, 0.3) is 0 Å². The first-order valence-electron chi connectivity index (χ1n) is 7.10.